The van der Waals surface area contributed by atoms with Crippen molar-refractivity contribution < 1.29 is 9.13 Å². The maximum atomic E-state index is 15.3. The molecule has 0 radical (unpaired) electrons. The van der Waals surface area contributed by atoms with E-state index in [0.29, 0.717) is 23.7 Å². The molecule has 3 heterocycles. The van der Waals surface area contributed by atoms with Gasteiger partial charge in [0, 0.05) is 29.8 Å². The third kappa shape index (κ3) is 3.73. The van der Waals surface area contributed by atoms with E-state index in [4.69, 9.17) is 4.74 Å². The van der Waals surface area contributed by atoms with E-state index in [0.717, 1.165) is 5.82 Å². The number of hydrogen-bond acceptors (Lipinski definition) is 6. The van der Waals surface area contributed by atoms with E-state index in [9.17, 15) is 4.79 Å². The Labute approximate surface area is 194 Å². The largest absolute Gasteiger partial charge is 0.497 e. The van der Waals surface area contributed by atoms with Gasteiger partial charge in [-0.2, -0.15) is 0 Å². The SMILES string of the molecule is COc1ccc(-n2cnc3ncn(-c4ccc(-n5ccnc5CN(C)C)cc4F)c(=O)c32)cc1. The number of fused-ring (bicyclic) bond motifs is 1. The van der Waals surface area contributed by atoms with E-state index >= 15 is 4.39 Å². The summed E-state index contributed by atoms with van der Waals surface area (Å²) in [6, 6.07) is 11.9. The molecule has 0 aliphatic rings. The van der Waals surface area contributed by atoms with Crippen molar-refractivity contribution in [3.8, 4) is 22.8 Å². The predicted octanol–water partition coefficient (Wildman–Crippen LogP) is 2.97. The minimum absolute atomic E-state index is 0.0971. The van der Waals surface area contributed by atoms with E-state index in [1.54, 1.807) is 48.3 Å². The summed E-state index contributed by atoms with van der Waals surface area (Å²) in [7, 11) is 5.46. The van der Waals surface area contributed by atoms with Gasteiger partial charge in [-0.15, -0.1) is 0 Å². The van der Waals surface area contributed by atoms with E-state index in [2.05, 4.69) is 15.0 Å². The van der Waals surface area contributed by atoms with Crippen LogP contribution >= 0.6 is 0 Å². The predicted molar refractivity (Wildman–Crippen MR) is 125 cm³/mol. The van der Waals surface area contributed by atoms with Crippen LogP contribution in [0.1, 0.15) is 5.82 Å². The van der Waals surface area contributed by atoms with Gasteiger partial charge in [-0.3, -0.25) is 13.9 Å². The second-order valence-corrected chi connectivity index (χ2v) is 7.99. The minimum atomic E-state index is -0.555. The lowest BCUT2D eigenvalue weighted by Gasteiger charge is -2.14. The van der Waals surface area contributed by atoms with Crippen molar-refractivity contribution in [2.75, 3.05) is 21.2 Å². The molecule has 0 saturated heterocycles. The first kappa shape index (κ1) is 21.5. The third-order valence-corrected chi connectivity index (χ3v) is 5.46. The Balaban J connectivity index is 1.58. The highest BCUT2D eigenvalue weighted by Gasteiger charge is 2.16. The van der Waals surface area contributed by atoms with Gasteiger partial charge in [0.05, 0.1) is 19.3 Å². The van der Waals surface area contributed by atoms with Gasteiger partial charge in [0.25, 0.3) is 5.56 Å². The van der Waals surface area contributed by atoms with Gasteiger partial charge in [-0.1, -0.05) is 0 Å². The molecule has 5 aromatic rings. The molecule has 10 heteroatoms. The molecule has 0 unspecified atom stereocenters. The summed E-state index contributed by atoms with van der Waals surface area (Å²) in [5.41, 5.74) is 1.52. The average molecular weight is 459 g/mol. The second kappa shape index (κ2) is 8.56. The fraction of sp³-hybridized carbons (Fsp3) is 0.167. The number of aromatic nitrogens is 6. The topological polar surface area (TPSA) is 83.0 Å². The van der Waals surface area contributed by atoms with Crippen LogP contribution in [0.4, 0.5) is 4.39 Å². The summed E-state index contributed by atoms with van der Waals surface area (Å²) in [6.07, 6.45) is 6.27. The van der Waals surface area contributed by atoms with Crippen LogP contribution in [0, 0.1) is 5.82 Å². The molecule has 0 aliphatic heterocycles. The van der Waals surface area contributed by atoms with Crippen LogP contribution in [0.15, 0.2) is 72.3 Å². The molecular formula is C24H22FN7O2. The van der Waals surface area contributed by atoms with Gasteiger partial charge in [0.15, 0.2) is 11.2 Å². The smallest absolute Gasteiger partial charge is 0.284 e. The number of imidazole rings is 2. The first-order valence-electron chi connectivity index (χ1n) is 10.5. The number of nitrogens with zero attached hydrogens (tertiary/aromatic N) is 7. The summed E-state index contributed by atoms with van der Waals surface area (Å²) < 4.78 is 25.1. The van der Waals surface area contributed by atoms with Crippen LogP contribution in [0.25, 0.3) is 28.2 Å². The van der Waals surface area contributed by atoms with E-state index < -0.39 is 11.4 Å². The molecule has 0 aliphatic carbocycles. The Morgan fingerprint density at radius 1 is 0.941 bits per heavy atom. The quantitative estimate of drug-likeness (QED) is 0.388. The Kier molecular flexibility index (Phi) is 5.42. The van der Waals surface area contributed by atoms with Gasteiger partial charge in [0.1, 0.15) is 30.0 Å². The summed E-state index contributed by atoms with van der Waals surface area (Å²) >= 11 is 0. The molecule has 0 atom stereocenters. The van der Waals surface area contributed by atoms with Gasteiger partial charge < -0.3 is 14.2 Å². The normalized spacial score (nSPS) is 11.4. The third-order valence-electron chi connectivity index (χ3n) is 5.46. The number of hydrogen-bond donors (Lipinski definition) is 0. The summed E-state index contributed by atoms with van der Waals surface area (Å²) in [5, 5.41) is 0. The lowest BCUT2D eigenvalue weighted by Crippen LogP contribution is -2.21. The highest BCUT2D eigenvalue weighted by molar-refractivity contribution is 5.72. The first-order chi connectivity index (χ1) is 16.5. The lowest BCUT2D eigenvalue weighted by molar-refractivity contribution is 0.388. The number of ether oxygens (including phenoxy) is 1. The maximum Gasteiger partial charge on any atom is 0.284 e. The van der Waals surface area contributed by atoms with Crippen molar-refractivity contribution >= 4 is 11.2 Å². The van der Waals surface area contributed by atoms with E-state index in [1.807, 2.05) is 35.7 Å². The molecule has 0 N–H and O–H groups in total. The Morgan fingerprint density at radius 3 is 2.32 bits per heavy atom. The van der Waals surface area contributed by atoms with Crippen LogP contribution in [0.2, 0.25) is 0 Å². The van der Waals surface area contributed by atoms with Gasteiger partial charge in [0.2, 0.25) is 0 Å². The van der Waals surface area contributed by atoms with Crippen LogP contribution in [0.3, 0.4) is 0 Å². The molecule has 0 fully saturated rings. The molecular weight excluding hydrogens is 437 g/mol. The van der Waals surface area contributed by atoms with E-state index in [1.165, 1.54) is 23.3 Å². The number of benzene rings is 2. The van der Waals surface area contributed by atoms with Crippen molar-refractivity contribution in [3.05, 3.63) is 89.5 Å². The van der Waals surface area contributed by atoms with Gasteiger partial charge in [-0.05, 0) is 50.5 Å². The standard InChI is InChI=1S/C24H22FN7O2/c1-29(2)13-21-26-10-11-30(21)17-6-9-20(19(25)12-17)32-15-28-23-22(24(32)33)31(14-27-23)16-4-7-18(34-3)8-5-16/h4-12,14-15H,13H2,1-3H3. The molecule has 0 amide bonds. The molecule has 5 rings (SSSR count). The number of rotatable bonds is 6. The van der Waals surface area contributed by atoms with Crippen molar-refractivity contribution in [3.63, 3.8) is 0 Å². The summed E-state index contributed by atoms with van der Waals surface area (Å²) in [5.74, 6) is 0.916. The maximum absolute atomic E-state index is 15.3. The molecule has 0 saturated carbocycles. The molecule has 3 aromatic heterocycles. The fourth-order valence-corrected chi connectivity index (χ4v) is 3.83. The van der Waals surface area contributed by atoms with Crippen LogP contribution in [0.5, 0.6) is 5.75 Å². The number of halogens is 1. The zero-order valence-corrected chi connectivity index (χ0v) is 18.9. The minimum Gasteiger partial charge on any atom is -0.497 e. The average Bonchev–Trinajstić information content (AvgIpc) is 3.47. The lowest BCUT2D eigenvalue weighted by atomic mass is 10.2. The van der Waals surface area contributed by atoms with Crippen molar-refractivity contribution in [2.24, 2.45) is 0 Å². The van der Waals surface area contributed by atoms with Crippen molar-refractivity contribution in [2.45, 2.75) is 6.54 Å². The molecule has 172 valence electrons. The van der Waals surface area contributed by atoms with Crippen LogP contribution < -0.4 is 10.3 Å². The Hall–Kier alpha value is -4.31. The Morgan fingerprint density at radius 2 is 1.65 bits per heavy atom. The molecule has 9 nitrogen and oxygen atoms in total. The zero-order valence-electron chi connectivity index (χ0n) is 18.9. The zero-order chi connectivity index (χ0) is 23.8. The highest BCUT2D eigenvalue weighted by atomic mass is 19.1. The monoisotopic (exact) mass is 459 g/mol. The fourth-order valence-electron chi connectivity index (χ4n) is 3.83. The molecule has 34 heavy (non-hydrogen) atoms. The summed E-state index contributed by atoms with van der Waals surface area (Å²) in [6.45, 7) is 0.603. The molecule has 2 aromatic carbocycles. The van der Waals surface area contributed by atoms with Crippen molar-refractivity contribution in [1.29, 1.82) is 0 Å². The van der Waals surface area contributed by atoms with Gasteiger partial charge in [-0.25, -0.2) is 19.3 Å². The van der Waals surface area contributed by atoms with E-state index in [-0.39, 0.29) is 16.9 Å². The van der Waals surface area contributed by atoms with Crippen LogP contribution in [-0.4, -0.2) is 54.8 Å². The Bertz CT molecular complexity index is 1530. The molecule has 0 bridgehead atoms. The van der Waals surface area contributed by atoms with Gasteiger partial charge >= 0.3 is 0 Å². The number of methoxy groups -OCH3 is 1. The molecule has 0 spiro atoms. The highest BCUT2D eigenvalue weighted by Crippen LogP contribution is 2.21. The van der Waals surface area contributed by atoms with Crippen molar-refractivity contribution in [1.82, 2.24) is 33.6 Å². The first-order valence-corrected chi connectivity index (χ1v) is 10.5. The second-order valence-electron chi connectivity index (χ2n) is 7.99. The van der Waals surface area contributed by atoms with Crippen LogP contribution in [-0.2, 0) is 6.54 Å². The summed E-state index contributed by atoms with van der Waals surface area (Å²) in [4.78, 5) is 28.2.